The summed E-state index contributed by atoms with van der Waals surface area (Å²) in [5, 5.41) is 0. The Balaban J connectivity index is 4.24. The van der Waals surface area contributed by atoms with Gasteiger partial charge < -0.3 is 0 Å². The van der Waals surface area contributed by atoms with Gasteiger partial charge in [-0.05, 0) is 39.3 Å². The minimum absolute atomic E-state index is 1.20. The molecule has 11 heavy (non-hydrogen) atoms. The zero-order valence-electron chi connectivity index (χ0n) is 7.81. The van der Waals surface area contributed by atoms with E-state index in [-0.39, 0.29) is 0 Å². The highest BCUT2D eigenvalue weighted by Gasteiger charge is 1.74. The zero-order valence-corrected chi connectivity index (χ0v) is 7.81. The maximum Gasteiger partial charge on any atom is -0.0198 e. The summed E-state index contributed by atoms with van der Waals surface area (Å²) in [6.07, 6.45) is 8.10. The van der Waals surface area contributed by atoms with Crippen LogP contribution in [0.1, 0.15) is 27.7 Å². The molecule has 0 radical (unpaired) electrons. The third-order valence-electron chi connectivity index (χ3n) is 1.15. The van der Waals surface area contributed by atoms with Crippen LogP contribution in [0.4, 0.5) is 0 Å². The number of allylic oxidation sites excluding steroid dienone is 5. The van der Waals surface area contributed by atoms with Crippen LogP contribution in [-0.2, 0) is 0 Å². The second-order valence-electron chi connectivity index (χ2n) is 2.72. The third-order valence-corrected chi connectivity index (χ3v) is 1.15. The van der Waals surface area contributed by atoms with E-state index in [1.54, 1.807) is 0 Å². The van der Waals surface area contributed by atoms with Gasteiger partial charge in [0.25, 0.3) is 0 Å². The highest BCUT2D eigenvalue weighted by Crippen LogP contribution is 1.94. The molecule has 60 valence electrons. The Morgan fingerprint density at radius 3 is 2.27 bits per heavy atom. The smallest absolute Gasteiger partial charge is 0.0198 e. The van der Waals surface area contributed by atoms with Crippen molar-refractivity contribution in [2.45, 2.75) is 27.7 Å². The molecule has 0 spiro atoms. The SMILES string of the molecule is C/C=C/C(C)=C/C=C=C(C)C. The van der Waals surface area contributed by atoms with Crippen molar-refractivity contribution in [3.63, 3.8) is 0 Å². The number of hydrogen-bond acceptors (Lipinski definition) is 0. The van der Waals surface area contributed by atoms with E-state index in [1.807, 2.05) is 39.0 Å². The van der Waals surface area contributed by atoms with Crippen LogP contribution in [0.15, 0.2) is 41.2 Å². The lowest BCUT2D eigenvalue weighted by atomic mass is 10.2. The average molecular weight is 148 g/mol. The summed E-state index contributed by atoms with van der Waals surface area (Å²) in [6, 6.07) is 0. The van der Waals surface area contributed by atoms with E-state index >= 15 is 0 Å². The van der Waals surface area contributed by atoms with Crippen molar-refractivity contribution in [3.05, 3.63) is 41.2 Å². The molecule has 0 aliphatic heterocycles. The molecule has 0 amide bonds. The number of rotatable bonds is 2. The van der Waals surface area contributed by atoms with Gasteiger partial charge in [-0.2, -0.15) is 0 Å². The standard InChI is InChI=1S/C11H16/c1-5-7-11(4)9-6-8-10(2)3/h5-7,9H,1-4H3/b7-5+,11-9+. The van der Waals surface area contributed by atoms with E-state index in [1.165, 1.54) is 11.1 Å². The maximum absolute atomic E-state index is 3.12. The minimum Gasteiger partial charge on any atom is -0.122 e. The second-order valence-corrected chi connectivity index (χ2v) is 2.72. The molecule has 0 saturated carbocycles. The molecule has 0 aromatic heterocycles. The summed E-state index contributed by atoms with van der Waals surface area (Å²) in [6.45, 7) is 8.16. The predicted molar refractivity (Wildman–Crippen MR) is 51.5 cm³/mol. The first kappa shape index (κ1) is 10.0. The Morgan fingerprint density at radius 1 is 1.18 bits per heavy atom. The fourth-order valence-electron chi connectivity index (χ4n) is 0.658. The molecule has 0 unspecified atom stereocenters. The molecule has 0 aliphatic carbocycles. The Morgan fingerprint density at radius 2 is 1.82 bits per heavy atom. The van der Waals surface area contributed by atoms with Crippen LogP contribution >= 0.6 is 0 Å². The first-order valence-corrected chi connectivity index (χ1v) is 3.86. The molecule has 0 saturated heterocycles. The van der Waals surface area contributed by atoms with Gasteiger partial charge in [-0.3, -0.25) is 0 Å². The van der Waals surface area contributed by atoms with Gasteiger partial charge in [-0.25, -0.2) is 0 Å². The van der Waals surface area contributed by atoms with Gasteiger partial charge >= 0.3 is 0 Å². The lowest BCUT2D eigenvalue weighted by molar-refractivity contribution is 1.41. The summed E-state index contributed by atoms with van der Waals surface area (Å²) < 4.78 is 0. The summed E-state index contributed by atoms with van der Waals surface area (Å²) in [5.41, 5.74) is 5.57. The number of hydrogen-bond donors (Lipinski definition) is 0. The highest BCUT2D eigenvalue weighted by molar-refractivity contribution is 5.21. The monoisotopic (exact) mass is 148 g/mol. The van der Waals surface area contributed by atoms with Crippen molar-refractivity contribution in [1.29, 1.82) is 0 Å². The molecule has 0 fully saturated rings. The van der Waals surface area contributed by atoms with Gasteiger partial charge in [0.2, 0.25) is 0 Å². The van der Waals surface area contributed by atoms with Gasteiger partial charge in [0.1, 0.15) is 0 Å². The summed E-state index contributed by atoms with van der Waals surface area (Å²) in [5.74, 6) is 0. The molecule has 0 aliphatic rings. The van der Waals surface area contributed by atoms with E-state index in [0.717, 1.165) is 0 Å². The van der Waals surface area contributed by atoms with Crippen LogP contribution in [0.3, 0.4) is 0 Å². The largest absolute Gasteiger partial charge is 0.122 e. The molecule has 0 aromatic carbocycles. The zero-order chi connectivity index (χ0) is 8.69. The average Bonchev–Trinajstić information content (AvgIpc) is 1.87. The fraction of sp³-hybridized carbons (Fsp3) is 0.364. The Labute approximate surface area is 69.6 Å². The van der Waals surface area contributed by atoms with Gasteiger partial charge in [0, 0.05) is 0 Å². The topological polar surface area (TPSA) is 0 Å². The summed E-state index contributed by atoms with van der Waals surface area (Å²) in [4.78, 5) is 0. The molecule has 0 heterocycles. The lowest BCUT2D eigenvalue weighted by Gasteiger charge is -1.84. The lowest BCUT2D eigenvalue weighted by Crippen LogP contribution is -1.63. The summed E-state index contributed by atoms with van der Waals surface area (Å²) >= 11 is 0. The van der Waals surface area contributed by atoms with E-state index < -0.39 is 0 Å². The van der Waals surface area contributed by atoms with Crippen LogP contribution < -0.4 is 0 Å². The molecular formula is C11H16. The van der Waals surface area contributed by atoms with Gasteiger partial charge in [0.05, 0.1) is 0 Å². The molecule has 0 aromatic rings. The van der Waals surface area contributed by atoms with Gasteiger partial charge in [0.15, 0.2) is 0 Å². The van der Waals surface area contributed by atoms with Crippen molar-refractivity contribution in [2.24, 2.45) is 0 Å². The van der Waals surface area contributed by atoms with Crippen LogP contribution in [0, 0.1) is 0 Å². The molecule has 0 atom stereocenters. The Bertz CT molecular complexity index is 216. The molecule has 0 nitrogen and oxygen atoms in total. The Hall–Kier alpha value is -1.00. The molecule has 0 heteroatoms. The summed E-state index contributed by atoms with van der Waals surface area (Å²) in [7, 11) is 0. The molecule has 0 bridgehead atoms. The fourth-order valence-corrected chi connectivity index (χ4v) is 0.658. The van der Waals surface area contributed by atoms with Crippen LogP contribution in [-0.4, -0.2) is 0 Å². The van der Waals surface area contributed by atoms with Gasteiger partial charge in [-0.1, -0.05) is 23.8 Å². The van der Waals surface area contributed by atoms with Crippen molar-refractivity contribution in [1.82, 2.24) is 0 Å². The van der Waals surface area contributed by atoms with Crippen molar-refractivity contribution >= 4 is 0 Å². The van der Waals surface area contributed by atoms with Crippen LogP contribution in [0.2, 0.25) is 0 Å². The first-order valence-electron chi connectivity index (χ1n) is 3.86. The minimum atomic E-state index is 1.20. The maximum atomic E-state index is 3.12. The highest BCUT2D eigenvalue weighted by atomic mass is 13.8. The van der Waals surface area contributed by atoms with Gasteiger partial charge in [-0.15, -0.1) is 5.73 Å². The van der Waals surface area contributed by atoms with Crippen LogP contribution in [0.5, 0.6) is 0 Å². The predicted octanol–water partition coefficient (Wildman–Crippen LogP) is 3.63. The van der Waals surface area contributed by atoms with E-state index in [0.29, 0.717) is 0 Å². The second kappa shape index (κ2) is 5.76. The third kappa shape index (κ3) is 6.89. The van der Waals surface area contributed by atoms with E-state index in [2.05, 4.69) is 18.7 Å². The van der Waals surface area contributed by atoms with Crippen molar-refractivity contribution in [2.75, 3.05) is 0 Å². The molecule has 0 N–H and O–H groups in total. The quantitative estimate of drug-likeness (QED) is 0.414. The first-order chi connectivity index (χ1) is 5.16. The van der Waals surface area contributed by atoms with E-state index in [9.17, 15) is 0 Å². The van der Waals surface area contributed by atoms with Crippen LogP contribution in [0.25, 0.3) is 0 Å². The van der Waals surface area contributed by atoms with Crippen molar-refractivity contribution in [3.8, 4) is 0 Å². The molecule has 0 rings (SSSR count). The van der Waals surface area contributed by atoms with Crippen molar-refractivity contribution < 1.29 is 0 Å². The molecular weight excluding hydrogens is 132 g/mol. The van der Waals surface area contributed by atoms with E-state index in [4.69, 9.17) is 0 Å². The Kier molecular flexibility index (Phi) is 5.24. The normalized spacial score (nSPS) is 11.5.